The van der Waals surface area contributed by atoms with Crippen LogP contribution in [0.1, 0.15) is 26.2 Å². The van der Waals surface area contributed by atoms with E-state index in [0.717, 1.165) is 0 Å². The molecule has 0 saturated carbocycles. The predicted octanol–water partition coefficient (Wildman–Crippen LogP) is 3.16. The number of hydrogen-bond acceptors (Lipinski definition) is 0. The second kappa shape index (κ2) is 4.48. The first kappa shape index (κ1) is 8.60. The highest BCUT2D eigenvalue weighted by atomic mass is 19.2. The second-order valence-electron chi connectivity index (χ2n) is 1.77. The Morgan fingerprint density at radius 1 is 1.33 bits per heavy atom. The molecule has 0 heterocycles. The van der Waals surface area contributed by atoms with Crippen molar-refractivity contribution in [1.82, 2.24) is 0 Å². The molecule has 0 saturated heterocycles. The van der Waals surface area contributed by atoms with Crippen molar-refractivity contribution in [1.29, 1.82) is 0 Å². The summed E-state index contributed by atoms with van der Waals surface area (Å²) in [4.78, 5) is 0. The first-order valence-corrected chi connectivity index (χ1v) is 3.04. The van der Waals surface area contributed by atoms with E-state index in [1.54, 1.807) is 6.92 Å². The maximum atomic E-state index is 12.3. The zero-order valence-electron chi connectivity index (χ0n) is 5.58. The molecular weight excluding hydrogens is 122 g/mol. The van der Waals surface area contributed by atoms with Crippen molar-refractivity contribution in [3.63, 3.8) is 0 Å². The van der Waals surface area contributed by atoms with Gasteiger partial charge < -0.3 is 0 Å². The van der Waals surface area contributed by atoms with Gasteiger partial charge in [-0.3, -0.25) is 0 Å². The average molecular weight is 133 g/mol. The Balaban J connectivity index is 3.78. The van der Waals surface area contributed by atoms with Crippen LogP contribution < -0.4 is 0 Å². The molecule has 0 N–H and O–H groups in total. The quantitative estimate of drug-likeness (QED) is 0.554. The first-order valence-electron chi connectivity index (χ1n) is 3.04. The van der Waals surface area contributed by atoms with Gasteiger partial charge in [0, 0.05) is 6.42 Å². The fourth-order valence-electron chi connectivity index (χ4n) is 0.483. The third-order valence-corrected chi connectivity index (χ3v) is 1.00. The summed E-state index contributed by atoms with van der Waals surface area (Å²) in [5.41, 5.74) is 0. The van der Waals surface area contributed by atoms with Gasteiger partial charge in [0.2, 0.25) is 0 Å². The van der Waals surface area contributed by atoms with Crippen molar-refractivity contribution in [3.05, 3.63) is 18.6 Å². The zero-order valence-corrected chi connectivity index (χ0v) is 5.58. The van der Waals surface area contributed by atoms with Crippen LogP contribution in [-0.4, -0.2) is 0 Å². The van der Waals surface area contributed by atoms with Crippen LogP contribution in [0.15, 0.2) is 11.7 Å². The van der Waals surface area contributed by atoms with E-state index in [9.17, 15) is 8.78 Å². The van der Waals surface area contributed by atoms with E-state index in [2.05, 4.69) is 6.92 Å². The van der Waals surface area contributed by atoms with Gasteiger partial charge >= 0.3 is 0 Å². The molecule has 0 aliphatic heterocycles. The lowest BCUT2D eigenvalue weighted by Crippen LogP contribution is -1.78. The van der Waals surface area contributed by atoms with Crippen LogP contribution in [0.2, 0.25) is 0 Å². The Bertz CT molecular complexity index is 105. The monoisotopic (exact) mass is 133 g/mol. The van der Waals surface area contributed by atoms with Crippen molar-refractivity contribution in [2.24, 2.45) is 0 Å². The lowest BCUT2D eigenvalue weighted by molar-refractivity contribution is 0.493. The number of hydrogen-bond donors (Lipinski definition) is 0. The maximum absolute atomic E-state index is 12.3. The first-order chi connectivity index (χ1) is 4.22. The molecule has 1 radical (unpaired) electrons. The Labute approximate surface area is 54.6 Å². The molecule has 0 unspecified atom stereocenters. The largest absolute Gasteiger partial charge is 0.209 e. The molecule has 2 heteroatoms. The SMILES string of the molecule is [CH2]CC/C(F)=C(\F)CC. The van der Waals surface area contributed by atoms with Gasteiger partial charge in [-0.25, -0.2) is 8.78 Å². The minimum atomic E-state index is -0.646. The van der Waals surface area contributed by atoms with Gasteiger partial charge in [0.1, 0.15) is 11.7 Å². The summed E-state index contributed by atoms with van der Waals surface area (Å²) in [6.45, 7) is 4.98. The van der Waals surface area contributed by atoms with E-state index in [-0.39, 0.29) is 12.8 Å². The summed E-state index contributed by atoms with van der Waals surface area (Å²) >= 11 is 0. The Kier molecular flexibility index (Phi) is 4.28. The van der Waals surface area contributed by atoms with Crippen molar-refractivity contribution in [3.8, 4) is 0 Å². The average Bonchev–Trinajstić information content (AvgIpc) is 1.87. The highest BCUT2D eigenvalue weighted by Crippen LogP contribution is 2.15. The zero-order chi connectivity index (χ0) is 7.28. The van der Waals surface area contributed by atoms with Crippen LogP contribution in [0.25, 0.3) is 0 Å². The molecule has 0 aromatic heterocycles. The van der Waals surface area contributed by atoms with Crippen LogP contribution in [0.3, 0.4) is 0 Å². The van der Waals surface area contributed by atoms with Crippen LogP contribution in [-0.2, 0) is 0 Å². The summed E-state index contributed by atoms with van der Waals surface area (Å²) < 4.78 is 24.5. The molecule has 9 heavy (non-hydrogen) atoms. The molecule has 0 spiro atoms. The molecule has 0 amide bonds. The maximum Gasteiger partial charge on any atom is 0.131 e. The minimum Gasteiger partial charge on any atom is -0.209 e. The van der Waals surface area contributed by atoms with Gasteiger partial charge in [-0.05, 0) is 12.8 Å². The summed E-state index contributed by atoms with van der Waals surface area (Å²) in [7, 11) is 0. The van der Waals surface area contributed by atoms with Crippen LogP contribution >= 0.6 is 0 Å². The number of halogens is 2. The summed E-state index contributed by atoms with van der Waals surface area (Å²) in [5.74, 6) is -1.29. The van der Waals surface area contributed by atoms with E-state index < -0.39 is 11.7 Å². The van der Waals surface area contributed by atoms with Gasteiger partial charge in [0.25, 0.3) is 0 Å². The molecule has 0 nitrogen and oxygen atoms in total. The standard InChI is InChI=1S/C7H11F2/c1-3-5-7(9)6(8)4-2/h1,3-5H2,2H3/b7-6+. The van der Waals surface area contributed by atoms with Crippen LogP contribution in [0, 0.1) is 6.92 Å². The molecule has 0 rings (SSSR count). The van der Waals surface area contributed by atoms with Crippen molar-refractivity contribution in [2.75, 3.05) is 0 Å². The van der Waals surface area contributed by atoms with E-state index >= 15 is 0 Å². The predicted molar refractivity (Wildman–Crippen MR) is 34.1 cm³/mol. The highest BCUT2D eigenvalue weighted by Gasteiger charge is 2.00. The fraction of sp³-hybridized carbons (Fsp3) is 0.571. The van der Waals surface area contributed by atoms with Gasteiger partial charge in [0.05, 0.1) is 0 Å². The minimum absolute atomic E-state index is 0.125. The third kappa shape index (κ3) is 3.22. The normalized spacial score (nSPS) is 13.3. The molecule has 0 aliphatic rings. The van der Waals surface area contributed by atoms with Crippen LogP contribution in [0.5, 0.6) is 0 Å². The lowest BCUT2D eigenvalue weighted by Gasteiger charge is -1.93. The smallest absolute Gasteiger partial charge is 0.131 e. The van der Waals surface area contributed by atoms with Crippen molar-refractivity contribution >= 4 is 0 Å². The third-order valence-electron chi connectivity index (χ3n) is 1.00. The topological polar surface area (TPSA) is 0 Å². The second-order valence-corrected chi connectivity index (χ2v) is 1.77. The fourth-order valence-corrected chi connectivity index (χ4v) is 0.483. The molecule has 53 valence electrons. The number of allylic oxidation sites excluding steroid dienone is 2. The van der Waals surface area contributed by atoms with Crippen LogP contribution in [0.4, 0.5) is 8.78 Å². The summed E-state index contributed by atoms with van der Waals surface area (Å²) in [6, 6.07) is 0. The molecule has 0 bridgehead atoms. The van der Waals surface area contributed by atoms with Gasteiger partial charge in [-0.1, -0.05) is 13.8 Å². The van der Waals surface area contributed by atoms with E-state index in [0.29, 0.717) is 6.42 Å². The molecule has 0 aliphatic carbocycles. The van der Waals surface area contributed by atoms with Crippen molar-refractivity contribution < 1.29 is 8.78 Å². The van der Waals surface area contributed by atoms with E-state index in [1.165, 1.54) is 0 Å². The Morgan fingerprint density at radius 3 is 2.22 bits per heavy atom. The highest BCUT2D eigenvalue weighted by molar-refractivity contribution is 4.98. The summed E-state index contributed by atoms with van der Waals surface area (Å²) in [5, 5.41) is 0. The Morgan fingerprint density at radius 2 is 1.89 bits per heavy atom. The van der Waals surface area contributed by atoms with E-state index in [4.69, 9.17) is 0 Å². The molecular formula is C7H11F2. The molecule has 0 atom stereocenters. The molecule has 0 aromatic rings. The number of rotatable bonds is 3. The van der Waals surface area contributed by atoms with Gasteiger partial charge in [-0.2, -0.15) is 0 Å². The lowest BCUT2D eigenvalue weighted by atomic mass is 10.2. The summed E-state index contributed by atoms with van der Waals surface area (Å²) in [6.07, 6.45) is 0.685. The molecule has 0 fully saturated rings. The van der Waals surface area contributed by atoms with E-state index in [1.807, 2.05) is 0 Å². The molecule has 0 aromatic carbocycles. The Hall–Kier alpha value is -0.400. The van der Waals surface area contributed by atoms with Crippen molar-refractivity contribution in [2.45, 2.75) is 26.2 Å². The van der Waals surface area contributed by atoms with Gasteiger partial charge in [-0.15, -0.1) is 0 Å². The van der Waals surface area contributed by atoms with Gasteiger partial charge in [0.15, 0.2) is 0 Å².